The fraction of sp³-hybridized carbons (Fsp3) is 0.235. The zero-order valence-corrected chi connectivity index (χ0v) is 13.5. The second-order valence-electron chi connectivity index (χ2n) is 5.44. The number of ether oxygens (including phenoxy) is 1. The lowest BCUT2D eigenvalue weighted by Gasteiger charge is -2.20. The van der Waals surface area contributed by atoms with Crippen molar-refractivity contribution in [3.8, 4) is 11.4 Å². The molecule has 1 aliphatic rings. The molecule has 1 aromatic heterocycles. The fourth-order valence-corrected chi connectivity index (χ4v) is 3.86. The molecule has 7 heteroatoms. The molecular formula is C17H13F3N2OS. The first kappa shape index (κ1) is 15.4. The molecule has 0 spiro atoms. The first-order valence-corrected chi connectivity index (χ1v) is 8.44. The molecule has 0 radical (unpaired) electrons. The molecular weight excluding hydrogens is 337 g/mol. The molecule has 0 aliphatic carbocycles. The standard InChI is InChI=1S/C17H13F3N2OS/c1-2-23-12-4-5-13-15(8-12)22-14-6-3-11(17(18,19)20)7-10(14)9-24-16(22)21-13/h3-8H,2,9H2,1H3. The molecule has 0 saturated heterocycles. The van der Waals surface area contributed by atoms with Gasteiger partial charge >= 0.3 is 6.18 Å². The maximum absolute atomic E-state index is 12.9. The Morgan fingerprint density at radius 1 is 1.21 bits per heavy atom. The van der Waals surface area contributed by atoms with Gasteiger partial charge in [0, 0.05) is 11.8 Å². The maximum atomic E-state index is 12.9. The first-order chi connectivity index (χ1) is 11.5. The third kappa shape index (κ3) is 2.43. The molecule has 0 N–H and O–H groups in total. The molecule has 0 amide bonds. The fourth-order valence-electron chi connectivity index (χ4n) is 2.86. The number of benzene rings is 2. The number of halogens is 3. The molecule has 2 aromatic carbocycles. The van der Waals surface area contributed by atoms with Crippen LogP contribution in [0.25, 0.3) is 16.7 Å². The van der Waals surface area contributed by atoms with Gasteiger partial charge in [-0.15, -0.1) is 0 Å². The monoisotopic (exact) mass is 350 g/mol. The number of fused-ring (bicyclic) bond motifs is 5. The van der Waals surface area contributed by atoms with E-state index in [4.69, 9.17) is 4.74 Å². The molecule has 0 atom stereocenters. The van der Waals surface area contributed by atoms with Crippen molar-refractivity contribution in [3.05, 3.63) is 47.5 Å². The van der Waals surface area contributed by atoms with Gasteiger partial charge in [-0.05, 0) is 42.8 Å². The molecule has 3 aromatic rings. The normalized spacial score (nSPS) is 13.7. The number of alkyl halides is 3. The van der Waals surface area contributed by atoms with Crippen LogP contribution in [-0.4, -0.2) is 16.2 Å². The summed E-state index contributed by atoms with van der Waals surface area (Å²) in [6.45, 7) is 2.45. The molecule has 0 saturated carbocycles. The van der Waals surface area contributed by atoms with E-state index in [2.05, 4.69) is 4.98 Å². The van der Waals surface area contributed by atoms with Crippen molar-refractivity contribution in [2.45, 2.75) is 24.0 Å². The summed E-state index contributed by atoms with van der Waals surface area (Å²) in [4.78, 5) is 4.57. The topological polar surface area (TPSA) is 27.1 Å². The van der Waals surface area contributed by atoms with E-state index in [9.17, 15) is 13.2 Å². The van der Waals surface area contributed by atoms with Crippen molar-refractivity contribution in [3.63, 3.8) is 0 Å². The highest BCUT2D eigenvalue weighted by atomic mass is 32.2. The number of aromatic nitrogens is 2. The van der Waals surface area contributed by atoms with Crippen LogP contribution < -0.4 is 4.74 Å². The van der Waals surface area contributed by atoms with Gasteiger partial charge in [-0.3, -0.25) is 4.57 Å². The predicted molar refractivity (Wildman–Crippen MR) is 86.8 cm³/mol. The molecule has 24 heavy (non-hydrogen) atoms. The van der Waals surface area contributed by atoms with Crippen LogP contribution in [0.4, 0.5) is 13.2 Å². The minimum absolute atomic E-state index is 0.473. The highest BCUT2D eigenvalue weighted by Crippen LogP contribution is 2.40. The molecule has 1 aliphatic heterocycles. The summed E-state index contributed by atoms with van der Waals surface area (Å²) in [6.07, 6.45) is -4.33. The molecule has 0 fully saturated rings. The van der Waals surface area contributed by atoms with Gasteiger partial charge in [0.25, 0.3) is 0 Å². The van der Waals surface area contributed by atoms with Crippen molar-refractivity contribution in [1.29, 1.82) is 0 Å². The van der Waals surface area contributed by atoms with Crippen molar-refractivity contribution in [2.24, 2.45) is 0 Å². The van der Waals surface area contributed by atoms with Gasteiger partial charge in [0.1, 0.15) is 5.75 Å². The second kappa shape index (κ2) is 5.44. The van der Waals surface area contributed by atoms with Crippen molar-refractivity contribution in [2.75, 3.05) is 6.61 Å². The van der Waals surface area contributed by atoms with E-state index in [1.54, 1.807) is 0 Å². The van der Waals surface area contributed by atoms with Crippen molar-refractivity contribution in [1.82, 2.24) is 9.55 Å². The van der Waals surface area contributed by atoms with Gasteiger partial charge in [0.15, 0.2) is 5.16 Å². The van der Waals surface area contributed by atoms with Crippen molar-refractivity contribution < 1.29 is 17.9 Å². The lowest BCUT2D eigenvalue weighted by atomic mass is 10.1. The largest absolute Gasteiger partial charge is 0.494 e. The average Bonchev–Trinajstić information content (AvgIpc) is 2.92. The lowest BCUT2D eigenvalue weighted by Crippen LogP contribution is -2.10. The zero-order chi connectivity index (χ0) is 16.9. The van der Waals surface area contributed by atoms with Crippen LogP contribution in [0.2, 0.25) is 0 Å². The number of rotatable bonds is 2. The van der Waals surface area contributed by atoms with Crippen LogP contribution in [0.1, 0.15) is 18.1 Å². The Bertz CT molecular complexity index is 933. The minimum atomic E-state index is -4.33. The molecule has 3 nitrogen and oxygen atoms in total. The van der Waals surface area contributed by atoms with Gasteiger partial charge in [0.2, 0.25) is 0 Å². The number of hydrogen-bond donors (Lipinski definition) is 0. The highest BCUT2D eigenvalue weighted by Gasteiger charge is 2.32. The van der Waals surface area contributed by atoms with E-state index in [-0.39, 0.29) is 0 Å². The highest BCUT2D eigenvalue weighted by molar-refractivity contribution is 7.98. The summed E-state index contributed by atoms with van der Waals surface area (Å²) < 4.78 is 46.3. The van der Waals surface area contributed by atoms with E-state index in [1.807, 2.05) is 29.7 Å². The van der Waals surface area contributed by atoms with Gasteiger partial charge in [-0.25, -0.2) is 4.98 Å². The van der Waals surface area contributed by atoms with Crippen LogP contribution in [0, 0.1) is 0 Å². The number of nitrogens with zero attached hydrogens (tertiary/aromatic N) is 2. The number of imidazole rings is 1. The molecule has 2 heterocycles. The Balaban J connectivity index is 1.90. The van der Waals surface area contributed by atoms with E-state index >= 15 is 0 Å². The van der Waals surface area contributed by atoms with Gasteiger partial charge < -0.3 is 4.74 Å². The number of hydrogen-bond acceptors (Lipinski definition) is 3. The lowest BCUT2D eigenvalue weighted by molar-refractivity contribution is -0.137. The van der Waals surface area contributed by atoms with E-state index in [1.165, 1.54) is 23.9 Å². The van der Waals surface area contributed by atoms with Crippen molar-refractivity contribution >= 4 is 22.8 Å². The van der Waals surface area contributed by atoms with E-state index in [0.29, 0.717) is 17.9 Å². The minimum Gasteiger partial charge on any atom is -0.494 e. The molecule has 0 unspecified atom stereocenters. The van der Waals surface area contributed by atoms with Crippen LogP contribution >= 0.6 is 11.8 Å². The van der Waals surface area contributed by atoms with Gasteiger partial charge in [-0.2, -0.15) is 13.2 Å². The summed E-state index contributed by atoms with van der Waals surface area (Å²) in [5.41, 5.74) is 2.42. The van der Waals surface area contributed by atoms with Crippen LogP contribution in [0.3, 0.4) is 0 Å². The van der Waals surface area contributed by atoms with Gasteiger partial charge in [0.05, 0.1) is 28.9 Å². The van der Waals surface area contributed by atoms with Crippen LogP contribution in [0.15, 0.2) is 41.6 Å². The number of thioether (sulfide) groups is 1. The molecule has 0 bridgehead atoms. The summed E-state index contributed by atoms with van der Waals surface area (Å²) in [5, 5.41) is 0.783. The Morgan fingerprint density at radius 2 is 2.04 bits per heavy atom. The third-order valence-electron chi connectivity index (χ3n) is 3.91. The SMILES string of the molecule is CCOc1ccc2nc3n(c2c1)-c1ccc(C(F)(F)F)cc1CS3. The van der Waals surface area contributed by atoms with Crippen LogP contribution in [0.5, 0.6) is 5.75 Å². The third-order valence-corrected chi connectivity index (χ3v) is 4.90. The van der Waals surface area contributed by atoms with Crippen LogP contribution in [-0.2, 0) is 11.9 Å². The quantitative estimate of drug-likeness (QED) is 0.647. The zero-order valence-electron chi connectivity index (χ0n) is 12.7. The summed E-state index contributed by atoms with van der Waals surface area (Å²) in [7, 11) is 0. The van der Waals surface area contributed by atoms with E-state index < -0.39 is 11.7 Å². The summed E-state index contributed by atoms with van der Waals surface area (Å²) in [6, 6.07) is 9.47. The Labute approximate surface area is 140 Å². The Hall–Kier alpha value is -2.15. The average molecular weight is 350 g/mol. The molecule has 124 valence electrons. The second-order valence-corrected chi connectivity index (χ2v) is 6.39. The smallest absolute Gasteiger partial charge is 0.416 e. The van der Waals surface area contributed by atoms with E-state index in [0.717, 1.165) is 33.7 Å². The maximum Gasteiger partial charge on any atom is 0.416 e. The van der Waals surface area contributed by atoms with Gasteiger partial charge in [-0.1, -0.05) is 11.8 Å². The Kier molecular flexibility index (Phi) is 3.49. The molecule has 4 rings (SSSR count). The summed E-state index contributed by atoms with van der Waals surface area (Å²) in [5.74, 6) is 1.19. The Morgan fingerprint density at radius 3 is 2.79 bits per heavy atom. The summed E-state index contributed by atoms with van der Waals surface area (Å²) >= 11 is 1.44. The first-order valence-electron chi connectivity index (χ1n) is 7.46. The predicted octanol–water partition coefficient (Wildman–Crippen LogP) is 5.05.